The van der Waals surface area contributed by atoms with Crippen LogP contribution in [0.3, 0.4) is 0 Å². The average Bonchev–Trinajstić information content (AvgIpc) is 2.85. The van der Waals surface area contributed by atoms with E-state index in [1.807, 2.05) is 25.1 Å². The lowest BCUT2D eigenvalue weighted by atomic mass is 9.93. The molecule has 0 saturated carbocycles. The summed E-state index contributed by atoms with van der Waals surface area (Å²) in [5.41, 5.74) is 2.16. The van der Waals surface area contributed by atoms with E-state index < -0.39 is 18.0 Å². The van der Waals surface area contributed by atoms with Gasteiger partial charge in [0.05, 0.1) is 25.8 Å². The van der Waals surface area contributed by atoms with E-state index in [2.05, 4.69) is 16.0 Å². The zero-order chi connectivity index (χ0) is 24.5. The number of hydrogen-bond acceptors (Lipinski definition) is 6. The number of carbonyl (C=O) groups excluding carboxylic acids is 3. The van der Waals surface area contributed by atoms with Crippen LogP contribution in [0, 0.1) is 0 Å². The lowest BCUT2D eigenvalue weighted by molar-refractivity contribution is -0.136. The normalized spacial score (nSPS) is 15.1. The van der Waals surface area contributed by atoms with Gasteiger partial charge < -0.3 is 30.2 Å². The number of ether oxygens (including phenoxy) is 3. The van der Waals surface area contributed by atoms with Gasteiger partial charge in [-0.1, -0.05) is 37.6 Å². The van der Waals surface area contributed by atoms with Crippen LogP contribution in [0.5, 0.6) is 11.5 Å². The Morgan fingerprint density at radius 2 is 1.82 bits per heavy atom. The molecule has 0 bridgehead atoms. The molecule has 9 heteroatoms. The van der Waals surface area contributed by atoms with E-state index in [9.17, 15) is 14.4 Å². The summed E-state index contributed by atoms with van der Waals surface area (Å²) < 4.78 is 16.1. The van der Waals surface area contributed by atoms with Crippen molar-refractivity contribution >= 4 is 23.6 Å². The molecule has 1 heterocycles. The van der Waals surface area contributed by atoms with E-state index in [-0.39, 0.29) is 12.5 Å². The second-order valence-corrected chi connectivity index (χ2v) is 7.63. The van der Waals surface area contributed by atoms with Crippen molar-refractivity contribution in [2.45, 2.75) is 32.2 Å². The molecule has 9 nitrogen and oxygen atoms in total. The molecule has 1 unspecified atom stereocenters. The van der Waals surface area contributed by atoms with Gasteiger partial charge in [0.2, 0.25) is 0 Å². The van der Waals surface area contributed by atoms with Crippen molar-refractivity contribution < 1.29 is 28.6 Å². The number of rotatable bonds is 10. The molecular formula is C25H29N3O6. The fraction of sp³-hybridized carbons (Fsp3) is 0.320. The molecule has 2 aromatic carbocycles. The van der Waals surface area contributed by atoms with Crippen LogP contribution in [0.4, 0.5) is 10.5 Å². The van der Waals surface area contributed by atoms with Gasteiger partial charge in [-0.05, 0) is 42.7 Å². The molecule has 0 spiro atoms. The van der Waals surface area contributed by atoms with Crippen LogP contribution in [0.2, 0.25) is 0 Å². The summed E-state index contributed by atoms with van der Waals surface area (Å²) >= 11 is 0. The van der Waals surface area contributed by atoms with Gasteiger partial charge in [-0.3, -0.25) is 4.79 Å². The number of urea groups is 1. The Labute approximate surface area is 198 Å². The molecule has 3 amide bonds. The van der Waals surface area contributed by atoms with Crippen molar-refractivity contribution in [2.75, 3.05) is 26.1 Å². The van der Waals surface area contributed by atoms with E-state index in [0.717, 1.165) is 12.8 Å². The highest BCUT2D eigenvalue weighted by atomic mass is 16.5. The van der Waals surface area contributed by atoms with Gasteiger partial charge >= 0.3 is 12.0 Å². The van der Waals surface area contributed by atoms with E-state index in [1.165, 1.54) is 14.2 Å². The highest BCUT2D eigenvalue weighted by Gasteiger charge is 2.33. The largest absolute Gasteiger partial charge is 0.493 e. The Kier molecular flexibility index (Phi) is 8.50. The van der Waals surface area contributed by atoms with Crippen molar-refractivity contribution in [3.8, 4) is 11.5 Å². The summed E-state index contributed by atoms with van der Waals surface area (Å²) in [4.78, 5) is 37.1. The molecule has 3 rings (SSSR count). The molecule has 180 valence electrons. The second-order valence-electron chi connectivity index (χ2n) is 7.63. The smallest absolute Gasteiger partial charge is 0.337 e. The van der Waals surface area contributed by atoms with Gasteiger partial charge in [-0.25, -0.2) is 9.59 Å². The van der Waals surface area contributed by atoms with Gasteiger partial charge in [-0.2, -0.15) is 0 Å². The number of nitrogens with one attached hydrogen (secondary N) is 3. The summed E-state index contributed by atoms with van der Waals surface area (Å²) in [6, 6.07) is 13.0. The highest BCUT2D eigenvalue weighted by molar-refractivity contribution is 5.95. The lowest BCUT2D eigenvalue weighted by Gasteiger charge is -2.29. The quantitative estimate of drug-likeness (QED) is 0.459. The third-order valence-electron chi connectivity index (χ3n) is 5.28. The SMILES string of the molecule is CCCCC1=C(C(=O)OC)C(c2ccc(OCC(=O)Nc3ccccc3)c(OC)c2)NC(=O)N1. The first-order chi connectivity index (χ1) is 16.5. The number of amides is 3. The molecule has 1 atom stereocenters. The predicted molar refractivity (Wildman–Crippen MR) is 127 cm³/mol. The minimum Gasteiger partial charge on any atom is -0.493 e. The molecule has 2 aromatic rings. The maximum absolute atomic E-state index is 12.6. The molecule has 0 saturated heterocycles. The zero-order valence-electron chi connectivity index (χ0n) is 19.5. The predicted octanol–water partition coefficient (Wildman–Crippen LogP) is 3.68. The van der Waals surface area contributed by atoms with Crippen molar-refractivity contribution in [3.05, 3.63) is 65.4 Å². The summed E-state index contributed by atoms with van der Waals surface area (Å²) in [7, 11) is 2.78. The van der Waals surface area contributed by atoms with Crippen LogP contribution < -0.4 is 25.4 Å². The molecule has 0 radical (unpaired) electrons. The highest BCUT2D eigenvalue weighted by Crippen LogP contribution is 2.35. The van der Waals surface area contributed by atoms with Crippen molar-refractivity contribution in [1.82, 2.24) is 10.6 Å². The number of unbranched alkanes of at least 4 members (excludes halogenated alkanes) is 1. The minimum atomic E-state index is -0.725. The number of esters is 1. The van der Waals surface area contributed by atoms with Crippen LogP contribution in [-0.4, -0.2) is 38.7 Å². The first kappa shape index (κ1) is 24.6. The Hall–Kier alpha value is -4.01. The number of methoxy groups -OCH3 is 2. The van der Waals surface area contributed by atoms with Crippen LogP contribution in [-0.2, 0) is 14.3 Å². The summed E-state index contributed by atoms with van der Waals surface area (Å²) in [5, 5.41) is 8.27. The molecule has 0 fully saturated rings. The summed E-state index contributed by atoms with van der Waals surface area (Å²) in [5.74, 6) is -0.137. The maximum Gasteiger partial charge on any atom is 0.337 e. The number of anilines is 1. The molecule has 0 aliphatic carbocycles. The Balaban J connectivity index is 1.81. The van der Waals surface area contributed by atoms with Crippen molar-refractivity contribution in [3.63, 3.8) is 0 Å². The fourth-order valence-corrected chi connectivity index (χ4v) is 3.61. The second kappa shape index (κ2) is 11.7. The van der Waals surface area contributed by atoms with E-state index >= 15 is 0 Å². The molecule has 1 aliphatic rings. The van der Waals surface area contributed by atoms with E-state index in [0.29, 0.717) is 40.4 Å². The van der Waals surface area contributed by atoms with Crippen LogP contribution in [0.25, 0.3) is 0 Å². The molecule has 34 heavy (non-hydrogen) atoms. The lowest BCUT2D eigenvalue weighted by Crippen LogP contribution is -2.45. The summed E-state index contributed by atoms with van der Waals surface area (Å²) in [6.45, 7) is 1.81. The molecule has 3 N–H and O–H groups in total. The maximum atomic E-state index is 12.6. The molecule has 0 aromatic heterocycles. The Morgan fingerprint density at radius 3 is 2.50 bits per heavy atom. The van der Waals surface area contributed by atoms with E-state index in [4.69, 9.17) is 14.2 Å². The van der Waals surface area contributed by atoms with Crippen LogP contribution >= 0.6 is 0 Å². The van der Waals surface area contributed by atoms with Crippen molar-refractivity contribution in [2.24, 2.45) is 0 Å². The monoisotopic (exact) mass is 467 g/mol. The Bertz CT molecular complexity index is 1070. The third-order valence-corrected chi connectivity index (χ3v) is 5.28. The van der Waals surface area contributed by atoms with Gasteiger partial charge in [0.25, 0.3) is 5.91 Å². The minimum absolute atomic E-state index is 0.219. The topological polar surface area (TPSA) is 115 Å². The van der Waals surface area contributed by atoms with Crippen LogP contribution in [0.15, 0.2) is 59.8 Å². The number of benzene rings is 2. The van der Waals surface area contributed by atoms with Gasteiger partial charge in [0, 0.05) is 11.4 Å². The number of para-hydroxylation sites is 1. The molecular weight excluding hydrogens is 438 g/mol. The molecule has 1 aliphatic heterocycles. The van der Waals surface area contributed by atoms with Gasteiger partial charge in [0.1, 0.15) is 0 Å². The number of carbonyl (C=O) groups is 3. The number of hydrogen-bond donors (Lipinski definition) is 3. The first-order valence-corrected chi connectivity index (χ1v) is 11.0. The summed E-state index contributed by atoms with van der Waals surface area (Å²) in [6.07, 6.45) is 2.26. The fourth-order valence-electron chi connectivity index (χ4n) is 3.61. The average molecular weight is 468 g/mol. The van der Waals surface area contributed by atoms with Crippen LogP contribution in [0.1, 0.15) is 37.8 Å². The zero-order valence-corrected chi connectivity index (χ0v) is 19.5. The van der Waals surface area contributed by atoms with Gasteiger partial charge in [-0.15, -0.1) is 0 Å². The standard InChI is InChI=1S/C25H29N3O6/c1-4-5-11-18-22(24(30)33-3)23(28-25(31)27-18)16-12-13-19(20(14-16)32-2)34-15-21(29)26-17-9-7-6-8-10-17/h6-10,12-14,23H,4-5,11,15H2,1-3H3,(H,26,29)(H2,27,28,31). The van der Waals surface area contributed by atoms with Gasteiger partial charge in [0.15, 0.2) is 18.1 Å². The third kappa shape index (κ3) is 6.06. The first-order valence-electron chi connectivity index (χ1n) is 11.0. The van der Waals surface area contributed by atoms with Crippen molar-refractivity contribution in [1.29, 1.82) is 0 Å². The number of allylic oxidation sites excluding steroid dienone is 1. The Morgan fingerprint density at radius 1 is 1.06 bits per heavy atom. The van der Waals surface area contributed by atoms with E-state index in [1.54, 1.807) is 30.3 Å².